The van der Waals surface area contributed by atoms with Crippen LogP contribution in [0.2, 0.25) is 0 Å². The molecular weight excluding hydrogens is 274 g/mol. The van der Waals surface area contributed by atoms with Crippen LogP contribution in [0.3, 0.4) is 0 Å². The van der Waals surface area contributed by atoms with Crippen LogP contribution in [0.15, 0.2) is 18.2 Å². The van der Waals surface area contributed by atoms with Gasteiger partial charge in [0.05, 0.1) is 14.2 Å². The zero-order valence-corrected chi connectivity index (χ0v) is 12.9. The molecule has 1 unspecified atom stereocenters. The third-order valence-corrected chi connectivity index (χ3v) is 3.00. The summed E-state index contributed by atoms with van der Waals surface area (Å²) in [6.45, 7) is 5.24. The predicted octanol–water partition coefficient (Wildman–Crippen LogP) is 1.93. The van der Waals surface area contributed by atoms with Crippen LogP contribution in [0.4, 0.5) is 0 Å². The molecule has 0 fully saturated rings. The number of hydrogen-bond donors (Lipinski definition) is 2. The standard InChI is InChI=1S/C15H21NO5/c1-15(2,3)12(14(18)19)16-13(17)9-6-10(20-4)8-11(7-9)21-5/h6-8,12H,1-5H3,(H,16,17)(H,18,19). The number of aliphatic carboxylic acids is 1. The monoisotopic (exact) mass is 295 g/mol. The van der Waals surface area contributed by atoms with Gasteiger partial charge in [0.25, 0.3) is 5.91 Å². The summed E-state index contributed by atoms with van der Waals surface area (Å²) in [5.41, 5.74) is -0.327. The minimum absolute atomic E-state index is 0.279. The van der Waals surface area contributed by atoms with E-state index in [1.54, 1.807) is 26.8 Å². The van der Waals surface area contributed by atoms with Crippen molar-refractivity contribution in [3.8, 4) is 11.5 Å². The number of amides is 1. The Morgan fingerprint density at radius 3 is 1.90 bits per heavy atom. The van der Waals surface area contributed by atoms with Gasteiger partial charge >= 0.3 is 5.97 Å². The van der Waals surface area contributed by atoms with Gasteiger partial charge in [-0.3, -0.25) is 4.79 Å². The third-order valence-electron chi connectivity index (χ3n) is 3.00. The molecule has 0 heterocycles. The van der Waals surface area contributed by atoms with Crippen molar-refractivity contribution < 1.29 is 24.2 Å². The second-order valence-corrected chi connectivity index (χ2v) is 5.71. The first-order valence-electron chi connectivity index (χ1n) is 6.45. The molecular formula is C15H21NO5. The number of nitrogens with one attached hydrogen (secondary N) is 1. The summed E-state index contributed by atoms with van der Waals surface area (Å²) in [6, 6.07) is 3.69. The Hall–Kier alpha value is -2.24. The van der Waals surface area contributed by atoms with Crippen molar-refractivity contribution in [3.05, 3.63) is 23.8 Å². The molecule has 2 N–H and O–H groups in total. The molecule has 1 amide bonds. The third kappa shape index (κ3) is 4.37. The second-order valence-electron chi connectivity index (χ2n) is 5.71. The van der Waals surface area contributed by atoms with Crippen LogP contribution in [0.1, 0.15) is 31.1 Å². The predicted molar refractivity (Wildman–Crippen MR) is 77.9 cm³/mol. The van der Waals surface area contributed by atoms with Gasteiger partial charge in [0.1, 0.15) is 17.5 Å². The van der Waals surface area contributed by atoms with E-state index in [-0.39, 0.29) is 5.56 Å². The molecule has 0 spiro atoms. The number of carbonyl (C=O) groups excluding carboxylic acids is 1. The molecule has 0 aromatic heterocycles. The van der Waals surface area contributed by atoms with Crippen LogP contribution < -0.4 is 14.8 Å². The Morgan fingerprint density at radius 1 is 1.10 bits per heavy atom. The van der Waals surface area contributed by atoms with Crippen molar-refractivity contribution in [2.24, 2.45) is 5.41 Å². The fourth-order valence-electron chi connectivity index (χ4n) is 1.80. The van der Waals surface area contributed by atoms with Gasteiger partial charge in [-0.15, -0.1) is 0 Å². The Labute approximate surface area is 124 Å². The van der Waals surface area contributed by atoms with Crippen molar-refractivity contribution >= 4 is 11.9 Å². The SMILES string of the molecule is COc1cc(OC)cc(C(=O)NC(C(=O)O)C(C)(C)C)c1. The lowest BCUT2D eigenvalue weighted by Crippen LogP contribution is -2.49. The van der Waals surface area contributed by atoms with Crippen molar-refractivity contribution in [3.63, 3.8) is 0 Å². The molecule has 116 valence electrons. The maximum atomic E-state index is 12.3. The number of methoxy groups -OCH3 is 2. The molecule has 1 aromatic rings. The summed E-state index contributed by atoms with van der Waals surface area (Å²) in [6.07, 6.45) is 0. The lowest BCUT2D eigenvalue weighted by molar-refractivity contribution is -0.142. The quantitative estimate of drug-likeness (QED) is 0.867. The lowest BCUT2D eigenvalue weighted by atomic mass is 9.86. The summed E-state index contributed by atoms with van der Waals surface area (Å²) in [7, 11) is 2.96. The van der Waals surface area contributed by atoms with E-state index < -0.39 is 23.3 Å². The average Bonchev–Trinajstić information content (AvgIpc) is 2.42. The van der Waals surface area contributed by atoms with E-state index in [0.717, 1.165) is 0 Å². The summed E-state index contributed by atoms with van der Waals surface area (Å²) >= 11 is 0. The van der Waals surface area contributed by atoms with Gasteiger partial charge in [0, 0.05) is 11.6 Å². The van der Waals surface area contributed by atoms with E-state index in [9.17, 15) is 14.7 Å². The van der Waals surface area contributed by atoms with Crippen LogP contribution in [0.5, 0.6) is 11.5 Å². The fraction of sp³-hybridized carbons (Fsp3) is 0.467. The maximum absolute atomic E-state index is 12.3. The summed E-state index contributed by atoms with van der Waals surface area (Å²) in [5.74, 6) is -0.649. The highest BCUT2D eigenvalue weighted by atomic mass is 16.5. The van der Waals surface area contributed by atoms with Crippen molar-refractivity contribution in [2.75, 3.05) is 14.2 Å². The highest BCUT2D eigenvalue weighted by Crippen LogP contribution is 2.24. The number of benzene rings is 1. The van der Waals surface area contributed by atoms with Crippen molar-refractivity contribution in [1.82, 2.24) is 5.32 Å². The number of ether oxygens (including phenoxy) is 2. The van der Waals surface area contributed by atoms with Crippen molar-refractivity contribution in [1.29, 1.82) is 0 Å². The lowest BCUT2D eigenvalue weighted by Gasteiger charge is -2.27. The van der Waals surface area contributed by atoms with E-state index in [4.69, 9.17) is 9.47 Å². The molecule has 1 atom stereocenters. The molecule has 0 aliphatic carbocycles. The molecule has 0 bridgehead atoms. The smallest absolute Gasteiger partial charge is 0.326 e. The second kappa shape index (κ2) is 6.47. The van der Waals surface area contributed by atoms with Gasteiger partial charge < -0.3 is 19.9 Å². The molecule has 6 nitrogen and oxygen atoms in total. The topological polar surface area (TPSA) is 84.9 Å². The summed E-state index contributed by atoms with van der Waals surface area (Å²) < 4.78 is 10.2. The van der Waals surface area contributed by atoms with Gasteiger partial charge in [-0.1, -0.05) is 20.8 Å². The van der Waals surface area contributed by atoms with Crippen LogP contribution in [-0.4, -0.2) is 37.2 Å². The zero-order chi connectivity index (χ0) is 16.2. The Bertz CT molecular complexity index is 511. The Balaban J connectivity index is 3.05. The molecule has 0 radical (unpaired) electrons. The minimum Gasteiger partial charge on any atom is -0.497 e. The summed E-state index contributed by atoms with van der Waals surface area (Å²) in [5, 5.41) is 11.8. The fourth-order valence-corrected chi connectivity index (χ4v) is 1.80. The van der Waals surface area contributed by atoms with Crippen LogP contribution in [0, 0.1) is 5.41 Å². The maximum Gasteiger partial charge on any atom is 0.326 e. The van der Waals surface area contributed by atoms with Crippen LogP contribution in [0.25, 0.3) is 0 Å². The van der Waals surface area contributed by atoms with Crippen molar-refractivity contribution in [2.45, 2.75) is 26.8 Å². The van der Waals surface area contributed by atoms with E-state index in [1.807, 2.05) is 0 Å². The highest BCUT2D eigenvalue weighted by Gasteiger charge is 2.32. The average molecular weight is 295 g/mol. The van der Waals surface area contributed by atoms with E-state index >= 15 is 0 Å². The number of carboxylic acid groups (broad SMARTS) is 1. The summed E-state index contributed by atoms with van der Waals surface area (Å²) in [4.78, 5) is 23.6. The molecule has 1 aromatic carbocycles. The first-order chi connectivity index (χ1) is 9.68. The van der Waals surface area contributed by atoms with E-state index in [0.29, 0.717) is 11.5 Å². The molecule has 6 heteroatoms. The highest BCUT2D eigenvalue weighted by molar-refractivity contribution is 5.97. The zero-order valence-electron chi connectivity index (χ0n) is 12.9. The molecule has 0 aliphatic rings. The molecule has 1 rings (SSSR count). The van der Waals surface area contributed by atoms with Crippen LogP contribution in [-0.2, 0) is 4.79 Å². The number of carboxylic acids is 1. The first kappa shape index (κ1) is 16.8. The number of rotatable bonds is 5. The van der Waals surface area contributed by atoms with Gasteiger partial charge in [0.2, 0.25) is 0 Å². The largest absolute Gasteiger partial charge is 0.497 e. The number of hydrogen-bond acceptors (Lipinski definition) is 4. The van der Waals surface area contributed by atoms with Gasteiger partial charge in [0.15, 0.2) is 0 Å². The van der Waals surface area contributed by atoms with Gasteiger partial charge in [-0.05, 0) is 17.5 Å². The van der Waals surface area contributed by atoms with Crippen LogP contribution >= 0.6 is 0 Å². The Morgan fingerprint density at radius 2 is 1.57 bits per heavy atom. The van der Waals surface area contributed by atoms with E-state index in [2.05, 4.69) is 5.32 Å². The normalized spacial score (nSPS) is 12.4. The molecule has 0 saturated carbocycles. The molecule has 21 heavy (non-hydrogen) atoms. The van der Waals surface area contributed by atoms with Gasteiger partial charge in [-0.25, -0.2) is 4.79 Å². The first-order valence-corrected chi connectivity index (χ1v) is 6.45. The Kier molecular flexibility index (Phi) is 5.18. The van der Waals surface area contributed by atoms with Gasteiger partial charge in [-0.2, -0.15) is 0 Å². The van der Waals surface area contributed by atoms with E-state index in [1.165, 1.54) is 26.4 Å². The minimum atomic E-state index is -1.08. The number of carbonyl (C=O) groups is 2. The molecule has 0 aliphatic heterocycles. The molecule has 0 saturated heterocycles.